The number of alkyl halides is 2. The SMILES string of the molecule is COc1ccc([N+](=O)[O-])cc1N1CCC(F)(F)CC1. The van der Waals surface area contributed by atoms with Gasteiger partial charge in [-0.1, -0.05) is 0 Å². The molecule has 0 aromatic heterocycles. The molecule has 0 N–H and O–H groups in total. The Morgan fingerprint density at radius 2 is 2.00 bits per heavy atom. The third-order valence-corrected chi connectivity index (χ3v) is 3.21. The van der Waals surface area contributed by atoms with Crippen molar-refractivity contribution in [3.63, 3.8) is 0 Å². The molecule has 0 amide bonds. The van der Waals surface area contributed by atoms with Gasteiger partial charge < -0.3 is 9.64 Å². The van der Waals surface area contributed by atoms with Gasteiger partial charge in [-0.05, 0) is 6.07 Å². The highest BCUT2D eigenvalue weighted by Gasteiger charge is 2.35. The molecule has 0 saturated carbocycles. The van der Waals surface area contributed by atoms with Crippen LogP contribution in [0.2, 0.25) is 0 Å². The molecule has 7 heteroatoms. The monoisotopic (exact) mass is 272 g/mol. The van der Waals surface area contributed by atoms with E-state index in [0.717, 1.165) is 0 Å². The average Bonchev–Trinajstić information content (AvgIpc) is 2.38. The van der Waals surface area contributed by atoms with Crippen molar-refractivity contribution in [1.29, 1.82) is 0 Å². The van der Waals surface area contributed by atoms with Crippen molar-refractivity contribution in [2.45, 2.75) is 18.8 Å². The van der Waals surface area contributed by atoms with Crippen LogP contribution in [0.5, 0.6) is 5.75 Å². The Hall–Kier alpha value is -1.92. The lowest BCUT2D eigenvalue weighted by molar-refractivity contribution is -0.384. The molecule has 0 radical (unpaired) electrons. The third-order valence-electron chi connectivity index (χ3n) is 3.21. The van der Waals surface area contributed by atoms with E-state index < -0.39 is 10.8 Å². The van der Waals surface area contributed by atoms with E-state index in [1.807, 2.05) is 0 Å². The zero-order valence-electron chi connectivity index (χ0n) is 10.4. The van der Waals surface area contributed by atoms with Crippen molar-refractivity contribution < 1.29 is 18.4 Å². The van der Waals surface area contributed by atoms with Gasteiger partial charge in [0.05, 0.1) is 17.7 Å². The number of nitro benzene ring substituents is 1. The number of nitrogens with zero attached hydrogens (tertiary/aromatic N) is 2. The van der Waals surface area contributed by atoms with E-state index >= 15 is 0 Å². The first kappa shape index (κ1) is 13.5. The topological polar surface area (TPSA) is 55.6 Å². The quantitative estimate of drug-likeness (QED) is 0.627. The van der Waals surface area contributed by atoms with E-state index in [1.165, 1.54) is 25.3 Å². The number of piperidine rings is 1. The highest BCUT2D eigenvalue weighted by Crippen LogP contribution is 2.36. The van der Waals surface area contributed by atoms with Crippen LogP contribution in [0.15, 0.2) is 18.2 Å². The first-order chi connectivity index (χ1) is 8.93. The molecule has 1 fully saturated rings. The molecule has 1 aliphatic heterocycles. The fourth-order valence-electron chi connectivity index (χ4n) is 2.11. The summed E-state index contributed by atoms with van der Waals surface area (Å²) >= 11 is 0. The second kappa shape index (κ2) is 4.99. The molecule has 1 saturated heterocycles. The number of benzene rings is 1. The number of nitro groups is 1. The molecule has 0 unspecified atom stereocenters. The molecule has 0 spiro atoms. The van der Waals surface area contributed by atoms with Crippen LogP contribution in [0, 0.1) is 10.1 Å². The summed E-state index contributed by atoms with van der Waals surface area (Å²) in [6, 6.07) is 4.18. The van der Waals surface area contributed by atoms with Gasteiger partial charge in [0, 0.05) is 38.1 Å². The normalized spacial score (nSPS) is 18.2. The Labute approximate surface area is 108 Å². The fourth-order valence-corrected chi connectivity index (χ4v) is 2.11. The van der Waals surface area contributed by atoms with Crippen LogP contribution in [-0.2, 0) is 0 Å². The van der Waals surface area contributed by atoms with E-state index in [-0.39, 0.29) is 31.6 Å². The highest BCUT2D eigenvalue weighted by atomic mass is 19.3. The summed E-state index contributed by atoms with van der Waals surface area (Å²) in [5.41, 5.74) is 0.417. The van der Waals surface area contributed by atoms with Gasteiger partial charge >= 0.3 is 0 Å². The maximum atomic E-state index is 13.1. The number of methoxy groups -OCH3 is 1. The molecular formula is C12H14F2N2O3. The Kier molecular flexibility index (Phi) is 3.55. The highest BCUT2D eigenvalue weighted by molar-refractivity contribution is 5.63. The van der Waals surface area contributed by atoms with Crippen LogP contribution in [-0.4, -0.2) is 31.0 Å². The summed E-state index contributed by atoms with van der Waals surface area (Å²) in [5.74, 6) is -2.19. The van der Waals surface area contributed by atoms with Gasteiger partial charge in [-0.25, -0.2) is 8.78 Å². The molecule has 19 heavy (non-hydrogen) atoms. The average molecular weight is 272 g/mol. The second-order valence-corrected chi connectivity index (χ2v) is 4.46. The smallest absolute Gasteiger partial charge is 0.271 e. The number of hydrogen-bond acceptors (Lipinski definition) is 4. The van der Waals surface area contributed by atoms with E-state index in [1.54, 1.807) is 4.90 Å². The number of non-ortho nitro benzene ring substituents is 1. The fraction of sp³-hybridized carbons (Fsp3) is 0.500. The van der Waals surface area contributed by atoms with Crippen molar-refractivity contribution in [1.82, 2.24) is 0 Å². The Morgan fingerprint density at radius 1 is 1.37 bits per heavy atom. The van der Waals surface area contributed by atoms with Crippen LogP contribution in [0.4, 0.5) is 20.2 Å². The number of halogens is 2. The maximum Gasteiger partial charge on any atom is 0.271 e. The molecule has 0 bridgehead atoms. The van der Waals surface area contributed by atoms with Crippen LogP contribution >= 0.6 is 0 Å². The largest absolute Gasteiger partial charge is 0.495 e. The van der Waals surface area contributed by atoms with Gasteiger partial charge in [-0.2, -0.15) is 0 Å². The van der Waals surface area contributed by atoms with Crippen molar-refractivity contribution in [3.05, 3.63) is 28.3 Å². The van der Waals surface area contributed by atoms with Crippen molar-refractivity contribution in [3.8, 4) is 5.75 Å². The predicted molar refractivity (Wildman–Crippen MR) is 66.0 cm³/mol. The molecule has 0 atom stereocenters. The summed E-state index contributed by atoms with van der Waals surface area (Å²) in [6.45, 7) is 0.315. The minimum atomic E-state index is -2.65. The Balaban J connectivity index is 2.27. The van der Waals surface area contributed by atoms with Gasteiger partial charge in [0.25, 0.3) is 11.6 Å². The molecule has 104 valence electrons. The summed E-state index contributed by atoms with van der Waals surface area (Å²) in [4.78, 5) is 12.0. The lowest BCUT2D eigenvalue weighted by atomic mass is 10.1. The number of hydrogen-bond donors (Lipinski definition) is 0. The van der Waals surface area contributed by atoms with Gasteiger partial charge in [0.2, 0.25) is 0 Å². The molecule has 1 aromatic rings. The Bertz CT molecular complexity index is 484. The van der Waals surface area contributed by atoms with Crippen molar-refractivity contribution in [2.24, 2.45) is 0 Å². The predicted octanol–water partition coefficient (Wildman–Crippen LogP) is 2.84. The summed E-state index contributed by atoms with van der Waals surface area (Å²) in [6.07, 6.45) is -0.502. The van der Waals surface area contributed by atoms with Gasteiger partial charge in [0.15, 0.2) is 0 Å². The molecule has 5 nitrogen and oxygen atoms in total. The van der Waals surface area contributed by atoms with Gasteiger partial charge in [-0.3, -0.25) is 10.1 Å². The number of rotatable bonds is 3. The van der Waals surface area contributed by atoms with Crippen molar-refractivity contribution in [2.75, 3.05) is 25.1 Å². The van der Waals surface area contributed by atoms with E-state index in [9.17, 15) is 18.9 Å². The lowest BCUT2D eigenvalue weighted by Gasteiger charge is -2.33. The van der Waals surface area contributed by atoms with Crippen LogP contribution in [0.3, 0.4) is 0 Å². The first-order valence-corrected chi connectivity index (χ1v) is 5.88. The summed E-state index contributed by atoms with van der Waals surface area (Å²) < 4.78 is 31.4. The lowest BCUT2D eigenvalue weighted by Crippen LogP contribution is -2.39. The van der Waals surface area contributed by atoms with E-state index in [2.05, 4.69) is 0 Å². The van der Waals surface area contributed by atoms with Gasteiger partial charge in [0.1, 0.15) is 5.75 Å². The molecule has 1 aromatic carbocycles. The van der Waals surface area contributed by atoms with E-state index in [0.29, 0.717) is 11.4 Å². The molecule has 2 rings (SSSR count). The van der Waals surface area contributed by atoms with Crippen LogP contribution < -0.4 is 9.64 Å². The molecule has 1 heterocycles. The minimum Gasteiger partial charge on any atom is -0.495 e. The number of anilines is 1. The zero-order chi connectivity index (χ0) is 14.0. The summed E-state index contributed by atoms with van der Waals surface area (Å²) in [7, 11) is 1.45. The molecule has 0 aliphatic carbocycles. The number of ether oxygens (including phenoxy) is 1. The minimum absolute atomic E-state index is 0.0758. The van der Waals surface area contributed by atoms with E-state index in [4.69, 9.17) is 4.74 Å². The maximum absolute atomic E-state index is 13.1. The van der Waals surface area contributed by atoms with Crippen molar-refractivity contribution >= 4 is 11.4 Å². The Morgan fingerprint density at radius 3 is 2.53 bits per heavy atom. The standard InChI is InChI=1S/C12H14F2N2O3/c1-19-11-3-2-9(16(17)18)8-10(11)15-6-4-12(13,14)5-7-15/h2-3,8H,4-7H2,1H3. The van der Waals surface area contributed by atoms with Crippen LogP contribution in [0.25, 0.3) is 0 Å². The second-order valence-electron chi connectivity index (χ2n) is 4.46. The third kappa shape index (κ3) is 2.91. The molecular weight excluding hydrogens is 258 g/mol. The zero-order valence-corrected chi connectivity index (χ0v) is 10.4. The first-order valence-electron chi connectivity index (χ1n) is 5.88. The summed E-state index contributed by atoms with van der Waals surface area (Å²) in [5, 5.41) is 10.8. The van der Waals surface area contributed by atoms with Gasteiger partial charge in [-0.15, -0.1) is 0 Å². The molecule has 1 aliphatic rings. The van der Waals surface area contributed by atoms with Crippen LogP contribution in [0.1, 0.15) is 12.8 Å².